The molecule has 1 N–H and O–H groups in total. The Balaban J connectivity index is 1.50. The Hall–Kier alpha value is -3.82. The topological polar surface area (TPSA) is 47.8 Å². The van der Waals surface area contributed by atoms with Crippen LogP contribution < -0.4 is 10.2 Å². The Bertz CT molecular complexity index is 1350. The molecule has 196 valence electrons. The quantitative estimate of drug-likeness (QED) is 0.303. The van der Waals surface area contributed by atoms with E-state index in [0.29, 0.717) is 35.5 Å². The zero-order valence-corrected chi connectivity index (χ0v) is 21.9. The number of thiocarbonyl (C=S) groups is 1. The SMILES string of the molecule is CN1CCN(c2onc(-c3ccc(F)cc3)c2CN(Cc2ccccc2)C(=S)Nc2ccc(F)cc2)CC1. The Kier molecular flexibility index (Phi) is 7.95. The maximum Gasteiger partial charge on any atom is 0.232 e. The molecule has 0 unspecified atom stereocenters. The minimum Gasteiger partial charge on any atom is -0.340 e. The molecule has 38 heavy (non-hydrogen) atoms. The second kappa shape index (κ2) is 11.7. The van der Waals surface area contributed by atoms with Crippen molar-refractivity contribution in [3.8, 4) is 11.3 Å². The highest BCUT2D eigenvalue weighted by molar-refractivity contribution is 7.80. The summed E-state index contributed by atoms with van der Waals surface area (Å²) in [6.07, 6.45) is 0. The summed E-state index contributed by atoms with van der Waals surface area (Å²) in [5.74, 6) is 0.0707. The van der Waals surface area contributed by atoms with Gasteiger partial charge >= 0.3 is 0 Å². The lowest BCUT2D eigenvalue weighted by molar-refractivity contribution is 0.299. The van der Waals surface area contributed by atoms with Crippen LogP contribution in [0.1, 0.15) is 11.1 Å². The van der Waals surface area contributed by atoms with Crippen LogP contribution in [0.5, 0.6) is 0 Å². The van der Waals surface area contributed by atoms with Crippen molar-refractivity contribution >= 4 is 28.9 Å². The standard InChI is InChI=1S/C29H29F2N5OS/c1-34-15-17-35(18-16-34)28-26(27(33-37-28)22-7-9-23(30)10-8-22)20-36(19-21-5-3-2-4-6-21)29(38)32-25-13-11-24(31)12-14-25/h2-14H,15-20H2,1H3,(H,32,38). The monoisotopic (exact) mass is 533 g/mol. The predicted molar refractivity (Wildman–Crippen MR) is 150 cm³/mol. The first-order valence-electron chi connectivity index (χ1n) is 12.5. The third kappa shape index (κ3) is 6.17. The first-order chi connectivity index (χ1) is 18.5. The van der Waals surface area contributed by atoms with Crippen LogP contribution in [-0.4, -0.2) is 53.3 Å². The number of halogens is 2. The lowest BCUT2D eigenvalue weighted by Gasteiger charge is -2.33. The van der Waals surface area contributed by atoms with Crippen molar-refractivity contribution in [1.82, 2.24) is 15.0 Å². The molecule has 6 nitrogen and oxygen atoms in total. The number of likely N-dealkylation sites (N-methyl/N-ethyl adjacent to an activating group) is 1. The molecule has 1 aliphatic heterocycles. The molecule has 4 aromatic rings. The molecule has 0 radical (unpaired) electrons. The molecule has 2 heterocycles. The third-order valence-electron chi connectivity index (χ3n) is 6.62. The number of nitrogens with zero attached hydrogens (tertiary/aromatic N) is 4. The molecule has 0 atom stereocenters. The van der Waals surface area contributed by atoms with E-state index in [9.17, 15) is 8.78 Å². The van der Waals surface area contributed by atoms with Crippen LogP contribution in [0.25, 0.3) is 11.3 Å². The molecule has 1 saturated heterocycles. The van der Waals surface area contributed by atoms with Gasteiger partial charge in [0, 0.05) is 44.0 Å². The van der Waals surface area contributed by atoms with Crippen molar-refractivity contribution < 1.29 is 13.3 Å². The van der Waals surface area contributed by atoms with E-state index in [2.05, 4.69) is 27.3 Å². The summed E-state index contributed by atoms with van der Waals surface area (Å²) in [5.41, 5.74) is 4.07. The molecule has 0 spiro atoms. The number of hydrogen-bond donors (Lipinski definition) is 1. The van der Waals surface area contributed by atoms with Crippen LogP contribution in [0.4, 0.5) is 20.4 Å². The van der Waals surface area contributed by atoms with E-state index in [-0.39, 0.29) is 11.6 Å². The van der Waals surface area contributed by atoms with E-state index in [1.54, 1.807) is 24.3 Å². The third-order valence-corrected chi connectivity index (χ3v) is 6.98. The van der Waals surface area contributed by atoms with Gasteiger partial charge in [0.25, 0.3) is 0 Å². The van der Waals surface area contributed by atoms with Gasteiger partial charge in [0.1, 0.15) is 17.3 Å². The summed E-state index contributed by atoms with van der Waals surface area (Å²) in [4.78, 5) is 6.51. The lowest BCUT2D eigenvalue weighted by atomic mass is 10.1. The number of anilines is 2. The number of nitrogens with one attached hydrogen (secondary N) is 1. The highest BCUT2D eigenvalue weighted by Gasteiger charge is 2.27. The molecule has 0 saturated carbocycles. The molecule has 1 fully saturated rings. The van der Waals surface area contributed by atoms with Gasteiger partial charge in [0.15, 0.2) is 5.11 Å². The average molecular weight is 534 g/mol. The maximum absolute atomic E-state index is 13.7. The van der Waals surface area contributed by atoms with Crippen LogP contribution in [0.2, 0.25) is 0 Å². The van der Waals surface area contributed by atoms with Gasteiger partial charge in [-0.25, -0.2) is 8.78 Å². The average Bonchev–Trinajstić information content (AvgIpc) is 3.34. The molecule has 0 amide bonds. The molecule has 1 aliphatic rings. The van der Waals surface area contributed by atoms with E-state index < -0.39 is 0 Å². The zero-order valence-electron chi connectivity index (χ0n) is 21.1. The van der Waals surface area contributed by atoms with Gasteiger partial charge in [-0.1, -0.05) is 35.5 Å². The normalized spacial score (nSPS) is 13.9. The van der Waals surface area contributed by atoms with Gasteiger partial charge in [-0.3, -0.25) is 0 Å². The Labute approximate surface area is 226 Å². The fourth-order valence-electron chi connectivity index (χ4n) is 4.47. The molecule has 9 heteroatoms. The van der Waals surface area contributed by atoms with Gasteiger partial charge in [0.05, 0.1) is 12.1 Å². The van der Waals surface area contributed by atoms with Crippen molar-refractivity contribution in [3.05, 3.63) is 102 Å². The molecule has 0 aliphatic carbocycles. The van der Waals surface area contributed by atoms with Crippen LogP contribution in [-0.2, 0) is 13.1 Å². The van der Waals surface area contributed by atoms with E-state index >= 15 is 0 Å². The van der Waals surface area contributed by atoms with E-state index in [0.717, 1.165) is 42.9 Å². The van der Waals surface area contributed by atoms with Gasteiger partial charge in [-0.05, 0) is 73.4 Å². The van der Waals surface area contributed by atoms with Gasteiger partial charge in [-0.15, -0.1) is 0 Å². The predicted octanol–water partition coefficient (Wildman–Crippen LogP) is 5.77. The minimum absolute atomic E-state index is 0.312. The van der Waals surface area contributed by atoms with E-state index in [4.69, 9.17) is 16.7 Å². The minimum atomic E-state index is -0.312. The van der Waals surface area contributed by atoms with Crippen LogP contribution >= 0.6 is 12.2 Å². The summed E-state index contributed by atoms with van der Waals surface area (Å²) in [6.45, 7) is 4.36. The fraction of sp³-hybridized carbons (Fsp3) is 0.241. The van der Waals surface area contributed by atoms with Crippen molar-refractivity contribution in [2.75, 3.05) is 43.4 Å². The Morgan fingerprint density at radius 3 is 2.18 bits per heavy atom. The molecule has 3 aromatic carbocycles. The summed E-state index contributed by atoms with van der Waals surface area (Å²) >= 11 is 5.86. The first kappa shape index (κ1) is 25.8. The van der Waals surface area contributed by atoms with E-state index in [1.165, 1.54) is 24.3 Å². The Morgan fingerprint density at radius 2 is 1.53 bits per heavy atom. The van der Waals surface area contributed by atoms with Crippen molar-refractivity contribution in [2.45, 2.75) is 13.1 Å². The van der Waals surface area contributed by atoms with Gasteiger partial charge < -0.3 is 24.5 Å². The second-order valence-electron chi connectivity index (χ2n) is 9.39. The number of hydrogen-bond acceptors (Lipinski definition) is 5. The first-order valence-corrected chi connectivity index (χ1v) is 12.9. The highest BCUT2D eigenvalue weighted by atomic mass is 32.1. The van der Waals surface area contributed by atoms with Crippen LogP contribution in [0, 0.1) is 11.6 Å². The zero-order chi connectivity index (χ0) is 26.5. The van der Waals surface area contributed by atoms with Gasteiger partial charge in [-0.2, -0.15) is 0 Å². The smallest absolute Gasteiger partial charge is 0.232 e. The number of benzene rings is 3. The van der Waals surface area contributed by atoms with Crippen molar-refractivity contribution in [2.24, 2.45) is 0 Å². The highest BCUT2D eigenvalue weighted by Crippen LogP contribution is 2.34. The largest absolute Gasteiger partial charge is 0.340 e. The fourth-order valence-corrected chi connectivity index (χ4v) is 4.71. The van der Waals surface area contributed by atoms with Gasteiger partial charge in [0.2, 0.25) is 5.88 Å². The number of aromatic nitrogens is 1. The van der Waals surface area contributed by atoms with Crippen LogP contribution in [0.3, 0.4) is 0 Å². The molecular weight excluding hydrogens is 504 g/mol. The number of piperazine rings is 1. The maximum atomic E-state index is 13.7. The summed E-state index contributed by atoms with van der Waals surface area (Å²) in [7, 11) is 2.10. The molecular formula is C29H29F2N5OS. The number of rotatable bonds is 7. The van der Waals surface area contributed by atoms with E-state index in [1.807, 2.05) is 35.2 Å². The van der Waals surface area contributed by atoms with Crippen LogP contribution in [0.15, 0.2) is 83.4 Å². The molecule has 0 bridgehead atoms. The Morgan fingerprint density at radius 1 is 0.895 bits per heavy atom. The summed E-state index contributed by atoms with van der Waals surface area (Å²) in [6, 6.07) is 22.4. The van der Waals surface area contributed by atoms with Crippen molar-refractivity contribution in [1.29, 1.82) is 0 Å². The van der Waals surface area contributed by atoms with Crippen molar-refractivity contribution in [3.63, 3.8) is 0 Å². The molecule has 1 aromatic heterocycles. The summed E-state index contributed by atoms with van der Waals surface area (Å²) < 4.78 is 33.1. The second-order valence-corrected chi connectivity index (χ2v) is 9.78. The summed E-state index contributed by atoms with van der Waals surface area (Å²) in [5, 5.41) is 8.16. The lowest BCUT2D eigenvalue weighted by Crippen LogP contribution is -2.45. The molecule has 5 rings (SSSR count).